The molecule has 0 atom stereocenters. The number of aromatic amines is 1. The van der Waals surface area contributed by atoms with E-state index in [1.165, 1.54) is 6.92 Å². The maximum Gasteiger partial charge on any atom is 0.406 e. The number of carbonyl (C=O) groups excluding carboxylic acids is 1. The molecule has 0 saturated carbocycles. The molecule has 0 spiro atoms. The third kappa shape index (κ3) is 3.72. The number of hydrogen-bond donors (Lipinski definition) is 1. The molecule has 1 heterocycles. The molecule has 0 aliphatic heterocycles. The molecular weight excluding hydrogens is 237 g/mol. The summed E-state index contributed by atoms with van der Waals surface area (Å²) in [6.07, 6.45) is -3.89. The van der Waals surface area contributed by atoms with Gasteiger partial charge in [-0.15, -0.1) is 5.10 Å². The molecule has 0 aliphatic rings. The molecule has 1 aromatic heterocycles. The Morgan fingerprint density at radius 3 is 2.47 bits per heavy atom. The largest absolute Gasteiger partial charge is 0.406 e. The van der Waals surface area contributed by atoms with E-state index in [0.717, 1.165) is 0 Å². The first kappa shape index (κ1) is 13.5. The lowest BCUT2D eigenvalue weighted by Crippen LogP contribution is -2.39. The zero-order valence-corrected chi connectivity index (χ0v) is 9.51. The molecule has 1 N–H and O–H groups in total. The predicted molar refractivity (Wildman–Crippen MR) is 53.4 cm³/mol. The Morgan fingerprint density at radius 1 is 1.41 bits per heavy atom. The molecule has 1 aromatic rings. The average Bonchev–Trinajstić information content (AvgIpc) is 2.72. The first-order chi connectivity index (χ1) is 7.87. The van der Waals surface area contributed by atoms with Gasteiger partial charge in [0.25, 0.3) is 5.91 Å². The molecule has 1 rings (SSSR count). The van der Waals surface area contributed by atoms with E-state index < -0.39 is 18.6 Å². The number of amides is 1. The molecule has 8 heteroatoms. The first-order valence-corrected chi connectivity index (χ1v) is 5.14. The van der Waals surface area contributed by atoms with E-state index in [0.29, 0.717) is 17.1 Å². The van der Waals surface area contributed by atoms with Gasteiger partial charge in [-0.1, -0.05) is 6.92 Å². The normalized spacial score (nSPS) is 11.6. The predicted octanol–water partition coefficient (Wildman–Crippen LogP) is 1.39. The lowest BCUT2D eigenvalue weighted by atomic mass is 10.4. The lowest BCUT2D eigenvalue weighted by Gasteiger charge is -2.20. The number of rotatable bonds is 4. The highest BCUT2D eigenvalue weighted by atomic mass is 19.4. The van der Waals surface area contributed by atoms with Gasteiger partial charge in [0.1, 0.15) is 12.4 Å². The number of aromatic nitrogens is 3. The van der Waals surface area contributed by atoms with Crippen molar-refractivity contribution in [3.8, 4) is 0 Å². The zero-order valence-electron chi connectivity index (χ0n) is 9.51. The third-order valence-electron chi connectivity index (χ3n) is 2.10. The van der Waals surface area contributed by atoms with E-state index in [-0.39, 0.29) is 12.4 Å². The van der Waals surface area contributed by atoms with E-state index in [4.69, 9.17) is 0 Å². The van der Waals surface area contributed by atoms with Crippen LogP contribution < -0.4 is 0 Å². The minimum Gasteiger partial charge on any atom is -0.327 e. The number of aryl methyl sites for hydroxylation is 1. The van der Waals surface area contributed by atoms with Gasteiger partial charge < -0.3 is 4.90 Å². The monoisotopic (exact) mass is 250 g/mol. The van der Waals surface area contributed by atoms with Gasteiger partial charge in [0.05, 0.1) is 0 Å². The second kappa shape index (κ2) is 5.15. The Kier molecular flexibility index (Phi) is 4.08. The number of hydrogen-bond acceptors (Lipinski definition) is 3. The van der Waals surface area contributed by atoms with E-state index >= 15 is 0 Å². The summed E-state index contributed by atoms with van der Waals surface area (Å²) >= 11 is 0. The maximum atomic E-state index is 12.2. The Bertz CT molecular complexity index is 388. The van der Waals surface area contributed by atoms with E-state index in [2.05, 4.69) is 15.2 Å². The van der Waals surface area contributed by atoms with E-state index in [1.807, 2.05) is 0 Å². The number of halogens is 3. The number of nitrogens with one attached hydrogen (secondary N) is 1. The second-order valence-corrected chi connectivity index (χ2v) is 3.39. The van der Waals surface area contributed by atoms with Crippen LogP contribution in [0.5, 0.6) is 0 Å². The quantitative estimate of drug-likeness (QED) is 0.878. The van der Waals surface area contributed by atoms with Crippen LogP contribution in [0.15, 0.2) is 0 Å². The highest BCUT2D eigenvalue weighted by molar-refractivity contribution is 5.90. The van der Waals surface area contributed by atoms with Gasteiger partial charge in [-0.3, -0.25) is 9.89 Å². The van der Waals surface area contributed by atoms with Gasteiger partial charge in [-0.2, -0.15) is 13.2 Å². The summed E-state index contributed by atoms with van der Waals surface area (Å²) in [5.41, 5.74) is 0. The second-order valence-electron chi connectivity index (χ2n) is 3.39. The van der Waals surface area contributed by atoms with Crippen molar-refractivity contribution in [2.45, 2.75) is 26.4 Å². The van der Waals surface area contributed by atoms with Crippen LogP contribution in [0.2, 0.25) is 0 Å². The van der Waals surface area contributed by atoms with E-state index in [9.17, 15) is 18.0 Å². The van der Waals surface area contributed by atoms with Crippen LogP contribution in [0, 0.1) is 0 Å². The minimum absolute atomic E-state index is 0.0473. The first-order valence-electron chi connectivity index (χ1n) is 5.14. The van der Waals surface area contributed by atoms with Gasteiger partial charge in [-0.25, -0.2) is 4.98 Å². The Labute approximate surface area is 96.0 Å². The summed E-state index contributed by atoms with van der Waals surface area (Å²) in [6.45, 7) is 1.92. The number of H-pyrrole nitrogens is 1. The fourth-order valence-corrected chi connectivity index (χ4v) is 1.23. The van der Waals surface area contributed by atoms with Crippen LogP contribution in [0.3, 0.4) is 0 Å². The molecule has 0 aromatic carbocycles. The minimum atomic E-state index is -4.42. The highest BCUT2D eigenvalue weighted by Crippen LogP contribution is 2.17. The Balaban J connectivity index is 2.79. The molecule has 0 saturated heterocycles. The zero-order chi connectivity index (χ0) is 13.1. The van der Waals surface area contributed by atoms with Crippen LogP contribution >= 0.6 is 0 Å². The van der Waals surface area contributed by atoms with Crippen molar-refractivity contribution in [2.24, 2.45) is 0 Å². The van der Waals surface area contributed by atoms with Crippen molar-refractivity contribution < 1.29 is 18.0 Å². The summed E-state index contributed by atoms with van der Waals surface area (Å²) < 4.78 is 36.6. The van der Waals surface area contributed by atoms with Gasteiger partial charge in [-0.05, 0) is 6.92 Å². The highest BCUT2D eigenvalue weighted by Gasteiger charge is 2.33. The molecular formula is C9H13F3N4O. The number of carbonyl (C=O) groups is 1. The van der Waals surface area contributed by atoms with Crippen LogP contribution in [0.25, 0.3) is 0 Å². The Hall–Kier alpha value is -1.60. The van der Waals surface area contributed by atoms with Crippen molar-refractivity contribution >= 4 is 5.91 Å². The topological polar surface area (TPSA) is 61.9 Å². The van der Waals surface area contributed by atoms with Crippen molar-refractivity contribution in [1.82, 2.24) is 20.1 Å². The summed E-state index contributed by atoms with van der Waals surface area (Å²) in [5, 5.41) is 6.08. The summed E-state index contributed by atoms with van der Waals surface area (Å²) in [7, 11) is 0. The molecule has 0 aliphatic carbocycles. The summed E-state index contributed by atoms with van der Waals surface area (Å²) in [6, 6.07) is 0. The molecule has 0 fully saturated rings. The molecule has 0 radical (unpaired) electrons. The molecule has 5 nitrogen and oxygen atoms in total. The fraction of sp³-hybridized carbons (Fsp3) is 0.667. The summed E-state index contributed by atoms with van der Waals surface area (Å²) in [5.74, 6) is -0.579. The number of nitrogens with zero attached hydrogens (tertiary/aromatic N) is 3. The maximum absolute atomic E-state index is 12.2. The van der Waals surface area contributed by atoms with Crippen LogP contribution in [0.1, 0.15) is 30.3 Å². The van der Waals surface area contributed by atoms with Crippen LogP contribution in [-0.2, 0) is 6.42 Å². The molecule has 17 heavy (non-hydrogen) atoms. The van der Waals surface area contributed by atoms with Crippen molar-refractivity contribution in [1.29, 1.82) is 0 Å². The summed E-state index contributed by atoms with van der Waals surface area (Å²) in [4.78, 5) is 16.1. The SMILES string of the molecule is CCc1nc(C(=O)N(CC)CC(F)(F)F)n[nH]1. The molecule has 96 valence electrons. The lowest BCUT2D eigenvalue weighted by molar-refractivity contribution is -0.140. The number of alkyl halides is 3. The molecule has 0 unspecified atom stereocenters. The van der Waals surface area contributed by atoms with Gasteiger partial charge in [0.15, 0.2) is 0 Å². The van der Waals surface area contributed by atoms with Crippen molar-refractivity contribution in [2.75, 3.05) is 13.1 Å². The molecule has 1 amide bonds. The van der Waals surface area contributed by atoms with Gasteiger partial charge in [0.2, 0.25) is 5.82 Å². The van der Waals surface area contributed by atoms with Gasteiger partial charge >= 0.3 is 6.18 Å². The average molecular weight is 250 g/mol. The standard InChI is InChI=1S/C9H13F3N4O/c1-3-6-13-7(15-14-6)8(17)16(4-2)5-9(10,11)12/h3-5H2,1-2H3,(H,13,14,15). The fourth-order valence-electron chi connectivity index (χ4n) is 1.23. The van der Waals surface area contributed by atoms with E-state index in [1.54, 1.807) is 6.92 Å². The van der Waals surface area contributed by atoms with Gasteiger partial charge in [0, 0.05) is 13.0 Å². The third-order valence-corrected chi connectivity index (χ3v) is 2.10. The van der Waals surface area contributed by atoms with Crippen LogP contribution in [0.4, 0.5) is 13.2 Å². The van der Waals surface area contributed by atoms with Crippen molar-refractivity contribution in [3.05, 3.63) is 11.6 Å². The smallest absolute Gasteiger partial charge is 0.327 e. The molecule has 0 bridgehead atoms. The van der Waals surface area contributed by atoms with Crippen molar-refractivity contribution in [3.63, 3.8) is 0 Å². The van der Waals surface area contributed by atoms with Crippen LogP contribution in [-0.4, -0.2) is 45.3 Å². The Morgan fingerprint density at radius 2 is 2.06 bits per heavy atom.